The number of ketones is 1. The SMILES string of the molecule is O=C1CC(Oc2ccc(Br)cc2F)C12CCCCC2. The number of rotatable bonds is 2. The molecule has 0 heterocycles. The van der Waals surface area contributed by atoms with E-state index in [1.807, 2.05) is 0 Å². The van der Waals surface area contributed by atoms with Crippen LogP contribution in [0.2, 0.25) is 0 Å². The quantitative estimate of drug-likeness (QED) is 0.811. The molecule has 1 unspecified atom stereocenters. The summed E-state index contributed by atoms with van der Waals surface area (Å²) in [6.45, 7) is 0. The fourth-order valence-corrected chi connectivity index (χ4v) is 3.61. The van der Waals surface area contributed by atoms with Crippen molar-refractivity contribution in [2.75, 3.05) is 0 Å². The molecular formula is C15H16BrFO2. The third kappa shape index (κ3) is 2.20. The van der Waals surface area contributed by atoms with E-state index in [9.17, 15) is 9.18 Å². The van der Waals surface area contributed by atoms with Crippen LogP contribution in [0, 0.1) is 11.2 Å². The highest BCUT2D eigenvalue weighted by atomic mass is 79.9. The molecule has 2 nitrogen and oxygen atoms in total. The highest BCUT2D eigenvalue weighted by molar-refractivity contribution is 9.10. The van der Waals surface area contributed by atoms with Crippen LogP contribution < -0.4 is 4.74 Å². The van der Waals surface area contributed by atoms with Gasteiger partial charge in [0.25, 0.3) is 0 Å². The number of Topliss-reactive ketones (excluding diaryl/α,β-unsaturated/α-hetero) is 1. The number of hydrogen-bond donors (Lipinski definition) is 0. The Hall–Kier alpha value is -0.900. The van der Waals surface area contributed by atoms with Crippen molar-refractivity contribution in [1.82, 2.24) is 0 Å². The van der Waals surface area contributed by atoms with Gasteiger partial charge in [-0.15, -0.1) is 0 Å². The van der Waals surface area contributed by atoms with Gasteiger partial charge in [0.2, 0.25) is 0 Å². The highest BCUT2D eigenvalue weighted by Gasteiger charge is 2.56. The fraction of sp³-hybridized carbons (Fsp3) is 0.533. The van der Waals surface area contributed by atoms with Gasteiger partial charge in [-0.3, -0.25) is 4.79 Å². The second-order valence-electron chi connectivity index (χ2n) is 5.53. The first-order valence-corrected chi connectivity index (χ1v) is 7.56. The van der Waals surface area contributed by atoms with E-state index in [0.29, 0.717) is 16.7 Å². The topological polar surface area (TPSA) is 26.3 Å². The van der Waals surface area contributed by atoms with Gasteiger partial charge < -0.3 is 4.74 Å². The maximum absolute atomic E-state index is 13.8. The van der Waals surface area contributed by atoms with Crippen molar-refractivity contribution in [3.8, 4) is 5.75 Å². The van der Waals surface area contributed by atoms with Gasteiger partial charge >= 0.3 is 0 Å². The zero-order valence-corrected chi connectivity index (χ0v) is 12.2. The third-order valence-corrected chi connectivity index (χ3v) is 4.94. The Labute approximate surface area is 120 Å². The second-order valence-corrected chi connectivity index (χ2v) is 6.44. The standard InChI is InChI=1S/C15H16BrFO2/c16-10-4-5-12(11(17)8-10)19-14-9-13(18)15(14)6-2-1-3-7-15/h4-5,8,14H,1-3,6-7,9H2. The molecule has 2 saturated carbocycles. The van der Waals surface area contributed by atoms with Crippen LogP contribution in [-0.2, 0) is 4.79 Å². The van der Waals surface area contributed by atoms with Crippen LogP contribution in [0.25, 0.3) is 0 Å². The van der Waals surface area contributed by atoms with Gasteiger partial charge in [-0.05, 0) is 31.0 Å². The number of halogens is 2. The molecule has 1 aromatic carbocycles. The number of hydrogen-bond acceptors (Lipinski definition) is 2. The molecule has 4 heteroatoms. The van der Waals surface area contributed by atoms with Gasteiger partial charge in [-0.25, -0.2) is 4.39 Å². The maximum Gasteiger partial charge on any atom is 0.166 e. The van der Waals surface area contributed by atoms with Crippen molar-refractivity contribution in [2.24, 2.45) is 5.41 Å². The summed E-state index contributed by atoms with van der Waals surface area (Å²) in [6, 6.07) is 4.77. The van der Waals surface area contributed by atoms with Gasteiger partial charge in [0.15, 0.2) is 11.6 Å². The van der Waals surface area contributed by atoms with Gasteiger partial charge in [0.1, 0.15) is 11.9 Å². The lowest BCUT2D eigenvalue weighted by molar-refractivity contribution is -0.156. The van der Waals surface area contributed by atoms with Crippen LogP contribution in [0.4, 0.5) is 4.39 Å². The molecule has 0 radical (unpaired) electrons. The average Bonchev–Trinajstić information content (AvgIpc) is 2.42. The molecule has 3 rings (SSSR count). The van der Waals surface area contributed by atoms with Crippen molar-refractivity contribution in [3.05, 3.63) is 28.5 Å². The Morgan fingerprint density at radius 3 is 2.63 bits per heavy atom. The minimum Gasteiger partial charge on any atom is -0.486 e. The Balaban J connectivity index is 1.78. The van der Waals surface area contributed by atoms with Gasteiger partial charge in [0.05, 0.1) is 5.41 Å². The smallest absolute Gasteiger partial charge is 0.166 e. The zero-order chi connectivity index (χ0) is 13.5. The molecule has 0 N–H and O–H groups in total. The average molecular weight is 327 g/mol. The van der Waals surface area contributed by atoms with Crippen molar-refractivity contribution >= 4 is 21.7 Å². The molecule has 2 aliphatic rings. The molecule has 2 fully saturated rings. The predicted octanol–water partition coefficient (Wildman–Crippen LogP) is 4.26. The number of ether oxygens (including phenoxy) is 1. The summed E-state index contributed by atoms with van der Waals surface area (Å²) < 4.78 is 20.3. The summed E-state index contributed by atoms with van der Waals surface area (Å²) >= 11 is 3.22. The highest BCUT2D eigenvalue weighted by Crippen LogP contribution is 2.50. The molecule has 102 valence electrons. The minimum absolute atomic E-state index is 0.143. The van der Waals surface area contributed by atoms with Crippen LogP contribution in [0.3, 0.4) is 0 Å². The Morgan fingerprint density at radius 1 is 1.26 bits per heavy atom. The van der Waals surface area contributed by atoms with Gasteiger partial charge in [-0.1, -0.05) is 35.2 Å². The third-order valence-electron chi connectivity index (χ3n) is 4.45. The molecule has 1 aromatic rings. The lowest BCUT2D eigenvalue weighted by atomic mass is 9.57. The molecule has 2 aliphatic carbocycles. The summed E-state index contributed by atoms with van der Waals surface area (Å²) in [7, 11) is 0. The molecule has 0 saturated heterocycles. The lowest BCUT2D eigenvalue weighted by Crippen LogP contribution is -2.57. The van der Waals surface area contributed by atoms with Crippen LogP contribution in [0.1, 0.15) is 38.5 Å². The first kappa shape index (κ1) is 13.1. The van der Waals surface area contributed by atoms with Crippen molar-refractivity contribution in [3.63, 3.8) is 0 Å². The summed E-state index contributed by atoms with van der Waals surface area (Å²) in [5.74, 6) is 0.181. The van der Waals surface area contributed by atoms with Crippen molar-refractivity contribution in [2.45, 2.75) is 44.6 Å². The molecule has 0 bridgehead atoms. The van der Waals surface area contributed by atoms with Crippen LogP contribution >= 0.6 is 15.9 Å². The molecule has 0 aromatic heterocycles. The van der Waals surface area contributed by atoms with Crippen LogP contribution in [0.5, 0.6) is 5.75 Å². The minimum atomic E-state index is -0.375. The molecular weight excluding hydrogens is 311 g/mol. The summed E-state index contributed by atoms with van der Waals surface area (Å²) in [6.07, 6.45) is 5.42. The van der Waals surface area contributed by atoms with E-state index in [1.165, 1.54) is 12.5 Å². The maximum atomic E-state index is 13.8. The first-order chi connectivity index (χ1) is 9.12. The van der Waals surface area contributed by atoms with Gasteiger partial charge in [0, 0.05) is 10.9 Å². The van der Waals surface area contributed by atoms with Crippen LogP contribution in [0.15, 0.2) is 22.7 Å². The van der Waals surface area contributed by atoms with E-state index in [1.54, 1.807) is 12.1 Å². The Bertz CT molecular complexity index is 509. The summed E-state index contributed by atoms with van der Waals surface area (Å²) in [5.41, 5.74) is -0.322. The first-order valence-electron chi connectivity index (χ1n) is 6.77. The largest absolute Gasteiger partial charge is 0.486 e. The normalized spacial score (nSPS) is 25.2. The molecule has 0 aliphatic heterocycles. The van der Waals surface area contributed by atoms with E-state index in [0.717, 1.165) is 25.7 Å². The second kappa shape index (κ2) is 4.89. The van der Waals surface area contributed by atoms with E-state index in [-0.39, 0.29) is 23.1 Å². The number of benzene rings is 1. The van der Waals surface area contributed by atoms with Crippen LogP contribution in [-0.4, -0.2) is 11.9 Å². The number of carbonyl (C=O) groups excluding carboxylic acids is 1. The van der Waals surface area contributed by atoms with Crippen molar-refractivity contribution in [1.29, 1.82) is 0 Å². The fourth-order valence-electron chi connectivity index (χ4n) is 3.28. The molecule has 19 heavy (non-hydrogen) atoms. The zero-order valence-electron chi connectivity index (χ0n) is 10.6. The van der Waals surface area contributed by atoms with E-state index in [4.69, 9.17) is 4.74 Å². The van der Waals surface area contributed by atoms with E-state index in [2.05, 4.69) is 15.9 Å². The summed E-state index contributed by atoms with van der Waals surface area (Å²) in [4.78, 5) is 12.0. The predicted molar refractivity (Wildman–Crippen MR) is 73.7 cm³/mol. The summed E-state index contributed by atoms with van der Waals surface area (Å²) in [5, 5.41) is 0. The van der Waals surface area contributed by atoms with Gasteiger partial charge in [-0.2, -0.15) is 0 Å². The Morgan fingerprint density at radius 2 is 2.00 bits per heavy atom. The number of carbonyl (C=O) groups is 1. The molecule has 1 atom stereocenters. The Kier molecular flexibility index (Phi) is 3.37. The molecule has 0 amide bonds. The molecule has 1 spiro atoms. The van der Waals surface area contributed by atoms with E-state index >= 15 is 0 Å². The van der Waals surface area contributed by atoms with E-state index < -0.39 is 0 Å². The monoisotopic (exact) mass is 326 g/mol. The van der Waals surface area contributed by atoms with Crippen molar-refractivity contribution < 1.29 is 13.9 Å². The lowest BCUT2D eigenvalue weighted by Gasteiger charge is -2.49.